The lowest BCUT2D eigenvalue weighted by Gasteiger charge is -2.53. The number of halogens is 1. The predicted molar refractivity (Wildman–Crippen MR) is 216 cm³/mol. The van der Waals surface area contributed by atoms with Gasteiger partial charge in [0.25, 0.3) is 0 Å². The first-order valence-electron chi connectivity index (χ1n) is 20.5. The second kappa shape index (κ2) is 15.2. The first kappa shape index (κ1) is 37.2. The number of nitrogens with one attached hydrogen (secondary N) is 1. The van der Waals surface area contributed by atoms with Crippen molar-refractivity contribution in [1.29, 1.82) is 0 Å². The first-order chi connectivity index (χ1) is 27.7. The Hall–Kier alpha value is -5.36. The van der Waals surface area contributed by atoms with Crippen LogP contribution in [0.15, 0.2) is 91.1 Å². The van der Waals surface area contributed by atoms with Gasteiger partial charge in [-0.15, -0.1) is 0 Å². The Kier molecular flexibility index (Phi) is 9.92. The highest BCUT2D eigenvalue weighted by Gasteiger charge is 2.59. The number of hydrogen-bond acceptors (Lipinski definition) is 9. The Balaban J connectivity index is 0.798. The molecule has 0 saturated carbocycles. The quantitative estimate of drug-likeness (QED) is 0.230. The number of imide groups is 1. The number of piperidine rings is 3. The van der Waals surface area contributed by atoms with Gasteiger partial charge in [-0.2, -0.15) is 10.2 Å². The van der Waals surface area contributed by atoms with Gasteiger partial charge >= 0.3 is 0 Å². The van der Waals surface area contributed by atoms with Gasteiger partial charge in [0.05, 0.1) is 34.3 Å². The van der Waals surface area contributed by atoms with Crippen molar-refractivity contribution in [3.05, 3.63) is 102 Å². The minimum Gasteiger partial charge on any atom is -0.507 e. The molecule has 3 aromatic carbocycles. The van der Waals surface area contributed by atoms with Crippen molar-refractivity contribution in [2.75, 3.05) is 68.7 Å². The number of aromatic hydroxyl groups is 1. The zero-order valence-electron chi connectivity index (χ0n) is 32.2. The third kappa shape index (κ3) is 7.13. The number of phenolic OH excluding ortho intramolecular Hbond substituents is 1. The van der Waals surface area contributed by atoms with E-state index in [0.29, 0.717) is 82.1 Å². The normalized spacial score (nSPS) is 23.7. The van der Waals surface area contributed by atoms with Crippen LogP contribution in [-0.4, -0.2) is 108 Å². The smallest absolute Gasteiger partial charge is 0.234 e. The molecule has 4 aromatic rings. The maximum Gasteiger partial charge on any atom is 0.234 e. The van der Waals surface area contributed by atoms with Crippen LogP contribution < -0.4 is 15.1 Å². The van der Waals surface area contributed by atoms with E-state index in [9.17, 15) is 19.5 Å². The number of aromatic nitrogens is 2. The molecule has 0 bridgehead atoms. The zero-order chi connectivity index (χ0) is 39.1. The molecular formula is C45H50FN7O4. The van der Waals surface area contributed by atoms with Gasteiger partial charge in [-0.05, 0) is 79.5 Å². The Morgan fingerprint density at radius 2 is 1.54 bits per heavy atom. The number of carbonyl (C=O) groups is 3. The molecule has 1 spiro atoms. The van der Waals surface area contributed by atoms with Crippen molar-refractivity contribution in [2.45, 2.75) is 56.0 Å². The number of benzene rings is 3. The van der Waals surface area contributed by atoms with E-state index in [4.69, 9.17) is 0 Å². The van der Waals surface area contributed by atoms with E-state index >= 15 is 4.39 Å². The molecule has 1 aromatic heterocycles. The molecule has 5 saturated heterocycles. The van der Waals surface area contributed by atoms with Gasteiger partial charge in [0.15, 0.2) is 0 Å². The molecule has 0 aliphatic carbocycles. The number of carbonyl (C=O) groups excluding carboxylic acids is 3. The van der Waals surface area contributed by atoms with Crippen LogP contribution in [0.2, 0.25) is 0 Å². The number of likely N-dealkylation sites (tertiary alicyclic amines) is 2. The average Bonchev–Trinajstić information content (AvgIpc) is 3.56. The summed E-state index contributed by atoms with van der Waals surface area (Å²) in [6, 6.07) is 27.3. The lowest BCUT2D eigenvalue weighted by atomic mass is 9.69. The van der Waals surface area contributed by atoms with Crippen LogP contribution in [-0.2, 0) is 19.8 Å². The highest BCUT2D eigenvalue weighted by atomic mass is 19.1. The molecule has 1 unspecified atom stereocenters. The van der Waals surface area contributed by atoms with Gasteiger partial charge < -0.3 is 19.8 Å². The molecule has 5 fully saturated rings. The molecule has 5 aliphatic heterocycles. The standard InChI is InChI=1S/C45H50FN7O4/c46-40-27-50(26-31-16-20-51(21-17-31)34-12-10-32(11-13-34)36-14-15-41(55)48-42(36)56)28-44(40)29-53(30-44)43(57)45(33-6-2-1-3-7-33)18-22-52(23-19-45)35-24-38(49-47-25-35)37-8-4-5-9-39(37)54/h1-13,24-25,31,36,40,54H,14-23,26-30H2,(H,48,55,56)/t36-,40?/m1/s1. The molecule has 2 N–H and O–H groups in total. The summed E-state index contributed by atoms with van der Waals surface area (Å²) in [5.74, 6) is 0.0488. The van der Waals surface area contributed by atoms with Gasteiger partial charge in [0, 0.05) is 76.6 Å². The zero-order valence-corrected chi connectivity index (χ0v) is 32.2. The topological polar surface area (TPSA) is 122 Å². The van der Waals surface area contributed by atoms with Crippen LogP contribution in [0.5, 0.6) is 5.75 Å². The van der Waals surface area contributed by atoms with Gasteiger partial charge in [-0.1, -0.05) is 54.6 Å². The van der Waals surface area contributed by atoms with E-state index in [1.807, 2.05) is 53.4 Å². The lowest BCUT2D eigenvalue weighted by molar-refractivity contribution is -0.153. The Bertz CT molecular complexity index is 2110. The number of alkyl halides is 1. The van der Waals surface area contributed by atoms with Crippen molar-refractivity contribution in [3.8, 4) is 17.0 Å². The van der Waals surface area contributed by atoms with E-state index in [1.165, 1.54) is 0 Å². The Labute approximate surface area is 332 Å². The fourth-order valence-electron chi connectivity index (χ4n) is 10.2. The van der Waals surface area contributed by atoms with Gasteiger partial charge in [-0.25, -0.2) is 4.39 Å². The largest absolute Gasteiger partial charge is 0.507 e. The molecule has 12 heteroatoms. The van der Waals surface area contributed by atoms with Crippen molar-refractivity contribution < 1.29 is 23.9 Å². The average molecular weight is 772 g/mol. The lowest BCUT2D eigenvalue weighted by Crippen LogP contribution is -2.66. The number of anilines is 2. The Morgan fingerprint density at radius 1 is 0.842 bits per heavy atom. The number of phenols is 1. The van der Waals surface area contributed by atoms with Crippen molar-refractivity contribution in [1.82, 2.24) is 25.3 Å². The predicted octanol–water partition coefficient (Wildman–Crippen LogP) is 5.31. The summed E-state index contributed by atoms with van der Waals surface area (Å²) in [5, 5.41) is 21.4. The third-order valence-corrected chi connectivity index (χ3v) is 13.5. The fourth-order valence-corrected chi connectivity index (χ4v) is 10.2. The summed E-state index contributed by atoms with van der Waals surface area (Å²) in [7, 11) is 0. The summed E-state index contributed by atoms with van der Waals surface area (Å²) in [5.41, 5.74) is 4.01. The van der Waals surface area contributed by atoms with E-state index in [2.05, 4.69) is 54.5 Å². The van der Waals surface area contributed by atoms with Crippen molar-refractivity contribution in [3.63, 3.8) is 0 Å². The van der Waals surface area contributed by atoms with Crippen LogP contribution in [0.1, 0.15) is 55.6 Å². The molecule has 2 atom stereocenters. The minimum atomic E-state index is -0.962. The third-order valence-electron chi connectivity index (χ3n) is 13.5. The summed E-state index contributed by atoms with van der Waals surface area (Å²) in [4.78, 5) is 47.4. The molecular weight excluding hydrogens is 722 g/mol. The van der Waals surface area contributed by atoms with Crippen molar-refractivity contribution >= 4 is 29.1 Å². The summed E-state index contributed by atoms with van der Waals surface area (Å²) in [6.07, 6.45) is 5.01. The second-order valence-electron chi connectivity index (χ2n) is 17.0. The van der Waals surface area contributed by atoms with Crippen LogP contribution in [0.25, 0.3) is 11.3 Å². The van der Waals surface area contributed by atoms with Gasteiger partial charge in [-0.3, -0.25) is 24.6 Å². The van der Waals surface area contributed by atoms with E-state index in [-0.39, 0.29) is 29.4 Å². The highest BCUT2D eigenvalue weighted by molar-refractivity contribution is 6.01. The molecule has 11 nitrogen and oxygen atoms in total. The number of amides is 3. The van der Waals surface area contributed by atoms with Crippen LogP contribution in [0.3, 0.4) is 0 Å². The van der Waals surface area contributed by atoms with Gasteiger partial charge in [0.2, 0.25) is 17.7 Å². The number of para-hydroxylation sites is 1. The van der Waals surface area contributed by atoms with Gasteiger partial charge in [0.1, 0.15) is 11.9 Å². The second-order valence-corrected chi connectivity index (χ2v) is 17.0. The minimum absolute atomic E-state index is 0.102. The monoisotopic (exact) mass is 771 g/mol. The first-order valence-corrected chi connectivity index (χ1v) is 20.5. The number of rotatable bonds is 8. The molecule has 3 amide bonds. The van der Waals surface area contributed by atoms with Crippen LogP contribution in [0, 0.1) is 11.3 Å². The summed E-state index contributed by atoms with van der Waals surface area (Å²) >= 11 is 0. The number of hydrogen-bond donors (Lipinski definition) is 2. The maximum absolute atomic E-state index is 16.0. The van der Waals surface area contributed by atoms with Crippen LogP contribution >= 0.6 is 0 Å². The summed E-state index contributed by atoms with van der Waals surface area (Å²) in [6.45, 7) is 6.04. The molecule has 57 heavy (non-hydrogen) atoms. The molecule has 9 rings (SSSR count). The maximum atomic E-state index is 16.0. The fraction of sp³-hybridized carbons (Fsp3) is 0.444. The molecule has 0 radical (unpaired) electrons. The molecule has 6 heterocycles. The SMILES string of the molecule is O=C1CC[C@H](c2ccc(N3CCC(CN4CC(F)C5(C4)CN(C(=O)C4(c6ccccc6)CCN(c6cnnc(-c7ccccc7O)c6)CC4)C5)CC3)cc2)C(=O)N1. The van der Waals surface area contributed by atoms with Crippen molar-refractivity contribution in [2.24, 2.45) is 11.3 Å². The Morgan fingerprint density at radius 3 is 2.26 bits per heavy atom. The van der Waals surface area contributed by atoms with E-state index in [1.54, 1.807) is 18.3 Å². The number of nitrogens with zero attached hydrogens (tertiary/aromatic N) is 6. The van der Waals surface area contributed by atoms with E-state index in [0.717, 1.165) is 55.0 Å². The highest BCUT2D eigenvalue weighted by Crippen LogP contribution is 2.47. The summed E-state index contributed by atoms with van der Waals surface area (Å²) < 4.78 is 16.0. The van der Waals surface area contributed by atoms with Crippen LogP contribution in [0.4, 0.5) is 15.8 Å². The van der Waals surface area contributed by atoms with E-state index < -0.39 is 17.0 Å². The molecule has 296 valence electrons. The molecule has 5 aliphatic rings.